The Labute approximate surface area is 89.9 Å². The molecule has 0 radical (unpaired) electrons. The maximum atomic E-state index is 10.6. The number of amidine groups is 1. The number of carboxylic acids is 1. The second-order valence-electron chi connectivity index (χ2n) is 3.68. The Morgan fingerprint density at radius 2 is 2.27 bits per heavy atom. The third-order valence-corrected chi connectivity index (χ3v) is 1.86. The molecule has 86 valence electrons. The van der Waals surface area contributed by atoms with Crippen molar-refractivity contribution in [3.8, 4) is 0 Å². The first-order valence-corrected chi connectivity index (χ1v) is 4.85. The van der Waals surface area contributed by atoms with Crippen molar-refractivity contribution in [1.29, 1.82) is 5.41 Å². The van der Waals surface area contributed by atoms with Crippen molar-refractivity contribution in [3.63, 3.8) is 0 Å². The van der Waals surface area contributed by atoms with E-state index in [0.717, 1.165) is 12.8 Å². The third kappa shape index (κ3) is 6.68. The van der Waals surface area contributed by atoms with Crippen LogP contribution in [0.3, 0.4) is 0 Å². The predicted molar refractivity (Wildman–Crippen MR) is 60.0 cm³/mol. The summed E-state index contributed by atoms with van der Waals surface area (Å²) in [5.74, 6) is -0.597. The molecule has 5 N–H and O–H groups in total. The first-order valence-electron chi connectivity index (χ1n) is 4.85. The molecule has 5 nitrogen and oxygen atoms in total. The molecule has 0 aliphatic heterocycles. The van der Waals surface area contributed by atoms with E-state index in [0.29, 0.717) is 12.4 Å². The van der Waals surface area contributed by atoms with E-state index in [2.05, 4.69) is 5.32 Å². The lowest BCUT2D eigenvalue weighted by molar-refractivity contribution is -0.140. The number of aliphatic carboxylic acids is 1. The van der Waals surface area contributed by atoms with Gasteiger partial charge in [0.1, 0.15) is 5.54 Å². The molecule has 0 aliphatic rings. The normalized spacial score (nSPS) is 14.9. The van der Waals surface area contributed by atoms with Gasteiger partial charge in [-0.3, -0.25) is 5.41 Å². The SMILES string of the molecule is CC(=N)NCCC/C=C/[C@](C)(N)C(=O)O. The molecule has 0 aromatic rings. The van der Waals surface area contributed by atoms with Gasteiger partial charge in [-0.15, -0.1) is 0 Å². The van der Waals surface area contributed by atoms with Gasteiger partial charge in [0.15, 0.2) is 0 Å². The van der Waals surface area contributed by atoms with Crippen molar-refractivity contribution in [1.82, 2.24) is 5.32 Å². The first kappa shape index (κ1) is 13.6. The molecule has 0 aliphatic carbocycles. The number of unbranched alkanes of at least 4 members (excludes halogenated alkanes) is 1. The molecule has 0 heterocycles. The summed E-state index contributed by atoms with van der Waals surface area (Å²) >= 11 is 0. The monoisotopic (exact) mass is 213 g/mol. The highest BCUT2D eigenvalue weighted by molar-refractivity contribution is 5.80. The molecule has 0 rings (SSSR count). The number of rotatable bonds is 6. The molecule has 0 bridgehead atoms. The highest BCUT2D eigenvalue weighted by Crippen LogP contribution is 2.02. The molecule has 5 heteroatoms. The molecule has 0 amide bonds. The lowest BCUT2D eigenvalue weighted by Gasteiger charge is -2.13. The number of hydrogen-bond acceptors (Lipinski definition) is 3. The van der Waals surface area contributed by atoms with Crippen LogP contribution in [-0.4, -0.2) is 29.0 Å². The average Bonchev–Trinajstić information content (AvgIpc) is 2.10. The summed E-state index contributed by atoms with van der Waals surface area (Å²) in [6.45, 7) is 3.84. The zero-order valence-electron chi connectivity index (χ0n) is 9.21. The summed E-state index contributed by atoms with van der Waals surface area (Å²) < 4.78 is 0. The Balaban J connectivity index is 3.72. The Bertz CT molecular complexity index is 259. The summed E-state index contributed by atoms with van der Waals surface area (Å²) in [6, 6.07) is 0. The van der Waals surface area contributed by atoms with Crippen LogP contribution in [0.5, 0.6) is 0 Å². The smallest absolute Gasteiger partial charge is 0.327 e. The van der Waals surface area contributed by atoms with Crippen molar-refractivity contribution < 1.29 is 9.90 Å². The summed E-state index contributed by atoms with van der Waals surface area (Å²) in [5.41, 5.74) is 4.20. The van der Waals surface area contributed by atoms with Crippen LogP contribution < -0.4 is 11.1 Å². The van der Waals surface area contributed by atoms with Gasteiger partial charge in [0.25, 0.3) is 0 Å². The number of allylic oxidation sites excluding steroid dienone is 1. The summed E-state index contributed by atoms with van der Waals surface area (Å²) in [7, 11) is 0. The highest BCUT2D eigenvalue weighted by atomic mass is 16.4. The van der Waals surface area contributed by atoms with E-state index in [9.17, 15) is 4.79 Å². The van der Waals surface area contributed by atoms with Crippen LogP contribution in [0.15, 0.2) is 12.2 Å². The van der Waals surface area contributed by atoms with Gasteiger partial charge in [-0.2, -0.15) is 0 Å². The number of nitrogens with one attached hydrogen (secondary N) is 2. The topological polar surface area (TPSA) is 99.2 Å². The minimum Gasteiger partial charge on any atom is -0.480 e. The van der Waals surface area contributed by atoms with Crippen LogP contribution in [0, 0.1) is 5.41 Å². The predicted octanol–water partition coefficient (Wildman–Crippen LogP) is 0.712. The van der Waals surface area contributed by atoms with E-state index in [1.165, 1.54) is 13.0 Å². The molecule has 0 fully saturated rings. The van der Waals surface area contributed by atoms with E-state index in [1.54, 1.807) is 13.0 Å². The molecule has 1 atom stereocenters. The van der Waals surface area contributed by atoms with E-state index in [1.807, 2.05) is 0 Å². The highest BCUT2D eigenvalue weighted by Gasteiger charge is 2.23. The molecule has 0 saturated carbocycles. The van der Waals surface area contributed by atoms with E-state index in [4.69, 9.17) is 16.2 Å². The maximum Gasteiger partial charge on any atom is 0.327 e. The van der Waals surface area contributed by atoms with Gasteiger partial charge in [0.2, 0.25) is 0 Å². The molecular formula is C10H19N3O2. The largest absolute Gasteiger partial charge is 0.480 e. The molecule has 0 unspecified atom stereocenters. The molecule has 0 aromatic carbocycles. The van der Waals surface area contributed by atoms with Gasteiger partial charge in [0.05, 0.1) is 5.84 Å². The van der Waals surface area contributed by atoms with Crippen molar-refractivity contribution in [2.45, 2.75) is 32.2 Å². The van der Waals surface area contributed by atoms with E-state index >= 15 is 0 Å². The number of carboxylic acid groups (broad SMARTS) is 1. The maximum absolute atomic E-state index is 10.6. The molecule has 0 aromatic heterocycles. The first-order chi connectivity index (χ1) is 6.86. The standard InChI is InChI=1S/C10H19N3O2/c1-8(11)13-7-5-3-4-6-10(2,12)9(14)15/h4,6H,3,5,7,12H2,1-2H3,(H2,11,13)(H,14,15)/b6-4+/t10-/m0/s1. The van der Waals surface area contributed by atoms with Gasteiger partial charge in [0, 0.05) is 6.54 Å². The van der Waals surface area contributed by atoms with Gasteiger partial charge < -0.3 is 16.2 Å². The van der Waals surface area contributed by atoms with Gasteiger partial charge in [-0.25, -0.2) is 4.79 Å². The lowest BCUT2D eigenvalue weighted by Crippen LogP contribution is -2.42. The Kier molecular flexibility index (Phi) is 5.62. The van der Waals surface area contributed by atoms with Crippen molar-refractivity contribution in [3.05, 3.63) is 12.2 Å². The number of hydrogen-bond donors (Lipinski definition) is 4. The Hall–Kier alpha value is -1.36. The zero-order chi connectivity index (χ0) is 11.9. The van der Waals surface area contributed by atoms with Crippen LogP contribution in [0.25, 0.3) is 0 Å². The van der Waals surface area contributed by atoms with Crippen LogP contribution in [0.2, 0.25) is 0 Å². The van der Waals surface area contributed by atoms with E-state index < -0.39 is 11.5 Å². The van der Waals surface area contributed by atoms with Crippen LogP contribution in [0.1, 0.15) is 26.7 Å². The number of nitrogens with two attached hydrogens (primary N) is 1. The van der Waals surface area contributed by atoms with Crippen molar-refractivity contribution in [2.75, 3.05) is 6.54 Å². The number of carbonyl (C=O) groups is 1. The molecule has 15 heavy (non-hydrogen) atoms. The van der Waals surface area contributed by atoms with Crippen molar-refractivity contribution >= 4 is 11.8 Å². The minimum atomic E-state index is -1.29. The van der Waals surface area contributed by atoms with Gasteiger partial charge in [-0.05, 0) is 26.7 Å². The summed E-state index contributed by atoms with van der Waals surface area (Å²) in [6.07, 6.45) is 4.85. The van der Waals surface area contributed by atoms with Crippen LogP contribution >= 0.6 is 0 Å². The average molecular weight is 213 g/mol. The molecule has 0 spiro atoms. The lowest BCUT2D eigenvalue weighted by atomic mass is 10.0. The quantitative estimate of drug-likeness (QED) is 0.226. The third-order valence-electron chi connectivity index (χ3n) is 1.86. The van der Waals surface area contributed by atoms with Crippen LogP contribution in [-0.2, 0) is 4.79 Å². The summed E-state index contributed by atoms with van der Waals surface area (Å²) in [5, 5.41) is 18.7. The zero-order valence-corrected chi connectivity index (χ0v) is 9.21. The fourth-order valence-electron chi connectivity index (χ4n) is 0.895. The molecular weight excluding hydrogens is 194 g/mol. The molecule has 0 saturated heterocycles. The van der Waals surface area contributed by atoms with Crippen LogP contribution in [0.4, 0.5) is 0 Å². The van der Waals surface area contributed by atoms with Crippen molar-refractivity contribution in [2.24, 2.45) is 5.73 Å². The Morgan fingerprint density at radius 3 is 2.73 bits per heavy atom. The second-order valence-corrected chi connectivity index (χ2v) is 3.68. The fraction of sp³-hybridized carbons (Fsp3) is 0.600. The van der Waals surface area contributed by atoms with Gasteiger partial charge >= 0.3 is 5.97 Å². The second kappa shape index (κ2) is 6.19. The Morgan fingerprint density at radius 1 is 1.67 bits per heavy atom. The minimum absolute atomic E-state index is 0.438. The fourth-order valence-corrected chi connectivity index (χ4v) is 0.895. The van der Waals surface area contributed by atoms with E-state index in [-0.39, 0.29) is 0 Å². The van der Waals surface area contributed by atoms with Gasteiger partial charge in [-0.1, -0.05) is 12.2 Å². The summed E-state index contributed by atoms with van der Waals surface area (Å²) in [4.78, 5) is 10.6.